The van der Waals surface area contributed by atoms with Crippen LogP contribution in [0, 0.1) is 13.8 Å². The average molecular weight is 296 g/mol. The lowest BCUT2D eigenvalue weighted by Crippen LogP contribution is -2.26. The monoisotopic (exact) mass is 296 g/mol. The number of hydrogen-bond acceptors (Lipinski definition) is 4. The highest BCUT2D eigenvalue weighted by Gasteiger charge is 2.22. The molecular formula is C13H16N2O2S2. The molecule has 0 saturated carbocycles. The third-order valence-corrected chi connectivity index (χ3v) is 5.69. The van der Waals surface area contributed by atoms with E-state index in [0.29, 0.717) is 11.4 Å². The van der Waals surface area contributed by atoms with Crippen molar-refractivity contribution < 1.29 is 8.42 Å². The highest BCUT2D eigenvalue weighted by molar-refractivity contribution is 7.89. The van der Waals surface area contributed by atoms with E-state index in [-0.39, 0.29) is 0 Å². The van der Waals surface area contributed by atoms with Crippen LogP contribution < -0.4 is 0 Å². The van der Waals surface area contributed by atoms with Crippen LogP contribution in [0.3, 0.4) is 0 Å². The molecule has 0 aliphatic heterocycles. The second-order valence-corrected chi connectivity index (χ2v) is 7.70. The van der Waals surface area contributed by atoms with Gasteiger partial charge in [0, 0.05) is 24.7 Å². The molecule has 1 aromatic heterocycles. The molecule has 0 fully saturated rings. The first-order valence-electron chi connectivity index (χ1n) is 5.84. The lowest BCUT2D eigenvalue weighted by molar-refractivity contribution is 0.469. The van der Waals surface area contributed by atoms with Gasteiger partial charge < -0.3 is 0 Å². The smallest absolute Gasteiger partial charge is 0.243 e. The summed E-state index contributed by atoms with van der Waals surface area (Å²) in [5.41, 5.74) is 0.759. The molecular weight excluding hydrogens is 280 g/mol. The van der Waals surface area contributed by atoms with Crippen LogP contribution in [-0.4, -0.2) is 24.8 Å². The number of sulfonamides is 1. The van der Waals surface area contributed by atoms with Gasteiger partial charge in [-0.2, -0.15) is 4.31 Å². The van der Waals surface area contributed by atoms with Crippen LogP contribution in [0.4, 0.5) is 0 Å². The maximum Gasteiger partial charge on any atom is 0.243 e. The predicted octanol–water partition coefficient (Wildman–Crippen LogP) is 2.58. The normalized spacial score (nSPS) is 12.0. The van der Waals surface area contributed by atoms with Gasteiger partial charge in [0.25, 0.3) is 0 Å². The van der Waals surface area contributed by atoms with Crippen molar-refractivity contribution in [1.82, 2.24) is 9.29 Å². The lowest BCUT2D eigenvalue weighted by atomic mass is 10.2. The van der Waals surface area contributed by atoms with E-state index in [1.165, 1.54) is 15.6 Å². The van der Waals surface area contributed by atoms with Gasteiger partial charge in [-0.3, -0.25) is 0 Å². The van der Waals surface area contributed by atoms with Crippen molar-refractivity contribution >= 4 is 21.4 Å². The van der Waals surface area contributed by atoms with Gasteiger partial charge in [-0.1, -0.05) is 18.2 Å². The van der Waals surface area contributed by atoms with Crippen molar-refractivity contribution in [3.8, 4) is 0 Å². The van der Waals surface area contributed by atoms with Crippen LogP contribution in [0.1, 0.15) is 15.4 Å². The first kappa shape index (κ1) is 14.2. The molecule has 0 spiro atoms. The lowest BCUT2D eigenvalue weighted by Gasteiger charge is -2.17. The zero-order chi connectivity index (χ0) is 14.0. The maximum atomic E-state index is 12.5. The largest absolute Gasteiger partial charge is 0.250 e. The van der Waals surface area contributed by atoms with E-state index in [0.717, 1.165) is 15.4 Å². The quantitative estimate of drug-likeness (QED) is 0.871. The number of benzene rings is 1. The Labute approximate surface area is 117 Å². The Bertz CT molecular complexity index is 677. The van der Waals surface area contributed by atoms with E-state index < -0.39 is 10.0 Å². The summed E-state index contributed by atoms with van der Waals surface area (Å²) in [5, 5.41) is 0.941. The molecule has 0 radical (unpaired) electrons. The minimum atomic E-state index is -3.45. The second-order valence-electron chi connectivity index (χ2n) is 4.37. The fourth-order valence-corrected chi connectivity index (χ4v) is 4.10. The molecule has 6 heteroatoms. The fourth-order valence-electron chi connectivity index (χ4n) is 1.80. The van der Waals surface area contributed by atoms with Gasteiger partial charge in [0.1, 0.15) is 0 Å². The third-order valence-electron chi connectivity index (χ3n) is 2.83. The Morgan fingerprint density at radius 2 is 1.95 bits per heavy atom. The van der Waals surface area contributed by atoms with Gasteiger partial charge in [-0.25, -0.2) is 13.4 Å². The van der Waals surface area contributed by atoms with Gasteiger partial charge >= 0.3 is 0 Å². The summed E-state index contributed by atoms with van der Waals surface area (Å²) in [6.45, 7) is 4.06. The molecule has 0 aliphatic rings. The van der Waals surface area contributed by atoms with Gasteiger partial charge in [0.2, 0.25) is 10.0 Å². The average Bonchev–Trinajstić information content (AvgIpc) is 2.75. The molecule has 0 unspecified atom stereocenters. The summed E-state index contributed by atoms with van der Waals surface area (Å²) >= 11 is 1.51. The first-order chi connectivity index (χ1) is 8.91. The molecule has 1 aromatic carbocycles. The van der Waals surface area contributed by atoms with Crippen molar-refractivity contribution in [2.24, 2.45) is 0 Å². The minimum Gasteiger partial charge on any atom is -0.250 e. The van der Waals surface area contributed by atoms with Crippen LogP contribution >= 0.6 is 11.3 Å². The van der Waals surface area contributed by atoms with Crippen LogP contribution in [0.2, 0.25) is 0 Å². The Kier molecular flexibility index (Phi) is 4.03. The molecule has 0 aliphatic carbocycles. The Morgan fingerprint density at radius 1 is 1.26 bits per heavy atom. The number of aromatic nitrogens is 1. The fraction of sp³-hybridized carbons (Fsp3) is 0.308. The van der Waals surface area contributed by atoms with Crippen molar-refractivity contribution in [3.63, 3.8) is 0 Å². The summed E-state index contributed by atoms with van der Waals surface area (Å²) in [6.07, 6.45) is 1.73. The summed E-state index contributed by atoms with van der Waals surface area (Å²) < 4.78 is 26.3. The van der Waals surface area contributed by atoms with Gasteiger partial charge in [-0.05, 0) is 25.5 Å². The van der Waals surface area contributed by atoms with Gasteiger partial charge in [-0.15, -0.1) is 11.3 Å². The molecule has 0 atom stereocenters. The van der Waals surface area contributed by atoms with Crippen molar-refractivity contribution in [2.45, 2.75) is 25.3 Å². The topological polar surface area (TPSA) is 50.3 Å². The number of rotatable bonds is 4. The summed E-state index contributed by atoms with van der Waals surface area (Å²) in [6, 6.07) is 7.02. The van der Waals surface area contributed by atoms with Crippen molar-refractivity contribution in [3.05, 3.63) is 45.9 Å². The molecule has 2 aromatic rings. The summed E-state index contributed by atoms with van der Waals surface area (Å²) in [4.78, 5) is 5.44. The van der Waals surface area contributed by atoms with E-state index in [1.54, 1.807) is 38.4 Å². The highest BCUT2D eigenvalue weighted by Crippen LogP contribution is 2.21. The predicted molar refractivity (Wildman–Crippen MR) is 76.7 cm³/mol. The van der Waals surface area contributed by atoms with E-state index in [4.69, 9.17) is 0 Å². The molecule has 102 valence electrons. The van der Waals surface area contributed by atoms with Gasteiger partial charge in [0.05, 0.1) is 9.90 Å². The van der Waals surface area contributed by atoms with Crippen LogP contribution in [0.25, 0.3) is 0 Å². The molecule has 0 amide bonds. The summed E-state index contributed by atoms with van der Waals surface area (Å²) in [5.74, 6) is 0. The number of thiazole rings is 1. The van der Waals surface area contributed by atoms with Gasteiger partial charge in [0.15, 0.2) is 0 Å². The van der Waals surface area contributed by atoms with E-state index in [9.17, 15) is 8.42 Å². The second kappa shape index (κ2) is 5.40. The Morgan fingerprint density at radius 3 is 2.53 bits per heavy atom. The summed E-state index contributed by atoms with van der Waals surface area (Å²) in [7, 11) is -1.85. The number of nitrogens with zero attached hydrogens (tertiary/aromatic N) is 2. The zero-order valence-electron chi connectivity index (χ0n) is 11.1. The molecule has 2 rings (SSSR count). The molecule has 19 heavy (non-hydrogen) atoms. The van der Waals surface area contributed by atoms with Crippen molar-refractivity contribution in [2.75, 3.05) is 7.05 Å². The molecule has 0 N–H and O–H groups in total. The van der Waals surface area contributed by atoms with E-state index in [1.807, 2.05) is 13.0 Å². The van der Waals surface area contributed by atoms with E-state index in [2.05, 4.69) is 4.98 Å². The minimum absolute atomic E-state index is 0.349. The Hall–Kier alpha value is -1.24. The van der Waals surface area contributed by atoms with Crippen molar-refractivity contribution in [1.29, 1.82) is 0 Å². The molecule has 0 bridgehead atoms. The third kappa shape index (κ3) is 3.02. The van der Waals surface area contributed by atoms with Crippen LogP contribution in [-0.2, 0) is 16.6 Å². The molecule has 0 saturated heterocycles. The zero-order valence-corrected chi connectivity index (χ0v) is 12.8. The molecule has 1 heterocycles. The standard InChI is InChI=1S/C13H16N2O2S2/c1-10-6-4-5-7-13(10)19(16,17)15(3)9-12-8-14-11(2)18-12/h4-8H,9H2,1-3H3. The van der Waals surface area contributed by atoms with Crippen LogP contribution in [0.5, 0.6) is 0 Å². The number of hydrogen-bond donors (Lipinski definition) is 0. The molecule has 4 nitrogen and oxygen atoms in total. The van der Waals surface area contributed by atoms with Crippen LogP contribution in [0.15, 0.2) is 35.4 Å². The first-order valence-corrected chi connectivity index (χ1v) is 8.10. The maximum absolute atomic E-state index is 12.5. The highest BCUT2D eigenvalue weighted by atomic mass is 32.2. The SMILES string of the molecule is Cc1ncc(CN(C)S(=O)(=O)c2ccccc2C)s1. The van der Waals surface area contributed by atoms with E-state index >= 15 is 0 Å². The Balaban J connectivity index is 2.27. The number of aryl methyl sites for hydroxylation is 2.